The van der Waals surface area contributed by atoms with Crippen LogP contribution in [0.3, 0.4) is 0 Å². The summed E-state index contributed by atoms with van der Waals surface area (Å²) in [6.45, 7) is 6.62. The van der Waals surface area contributed by atoms with Crippen molar-refractivity contribution in [3.8, 4) is 11.5 Å². The van der Waals surface area contributed by atoms with E-state index in [1.165, 1.54) is 5.56 Å². The summed E-state index contributed by atoms with van der Waals surface area (Å²) in [5.41, 5.74) is 4.03. The topological polar surface area (TPSA) is 62.8 Å². The van der Waals surface area contributed by atoms with Crippen molar-refractivity contribution in [2.24, 2.45) is 5.92 Å². The molecule has 36 heavy (non-hydrogen) atoms. The molecule has 6 nitrogen and oxygen atoms in total. The van der Waals surface area contributed by atoms with Crippen molar-refractivity contribution in [1.82, 2.24) is 10.2 Å². The molecule has 3 atom stereocenters. The Kier molecular flexibility index (Phi) is 6.35. The summed E-state index contributed by atoms with van der Waals surface area (Å²) in [4.78, 5) is 16.0. The number of amides is 1. The minimum atomic E-state index is -0.980. The number of thiocarbonyl (C=S) groups is 1. The molecular formula is C29H31N3O3S. The minimum Gasteiger partial charge on any atom is -0.497 e. The van der Waals surface area contributed by atoms with Crippen LogP contribution >= 0.6 is 12.2 Å². The highest BCUT2D eigenvalue weighted by Crippen LogP contribution is 2.49. The number of anilines is 1. The largest absolute Gasteiger partial charge is 0.497 e. The van der Waals surface area contributed by atoms with E-state index >= 15 is 0 Å². The predicted molar refractivity (Wildman–Crippen MR) is 145 cm³/mol. The number of ether oxygens (including phenoxy) is 2. The number of fused-ring (bicyclic) bond motifs is 4. The van der Waals surface area contributed by atoms with Crippen molar-refractivity contribution in [3.63, 3.8) is 0 Å². The molecular weight excluding hydrogens is 470 g/mol. The molecule has 186 valence electrons. The van der Waals surface area contributed by atoms with Gasteiger partial charge in [-0.3, -0.25) is 4.79 Å². The molecule has 7 heteroatoms. The van der Waals surface area contributed by atoms with Crippen molar-refractivity contribution >= 4 is 28.9 Å². The van der Waals surface area contributed by atoms with Gasteiger partial charge in [0.15, 0.2) is 10.8 Å². The standard InChI is InChI=1S/C29H31N3O3S/c1-18-10-12-23(19(2)16-18)30-27(33)25-26-22-17-21(34-4)11-13-24(22)35-29(25,3)32(28(36)31-26)15-14-20-8-6-5-7-9-20/h5-13,16-17,25-26H,14-15H2,1-4H3,(H,30,33)(H,31,36)/t25-,26-,29+/m1/s1. The smallest absolute Gasteiger partial charge is 0.236 e. The number of methoxy groups -OCH3 is 1. The van der Waals surface area contributed by atoms with Crippen molar-refractivity contribution in [1.29, 1.82) is 0 Å². The number of nitrogens with one attached hydrogen (secondary N) is 2. The third kappa shape index (κ3) is 4.28. The second kappa shape index (κ2) is 9.47. The number of hydrogen-bond acceptors (Lipinski definition) is 4. The quantitative estimate of drug-likeness (QED) is 0.456. The molecule has 5 rings (SSSR count). The average molecular weight is 502 g/mol. The molecule has 0 unspecified atom stereocenters. The summed E-state index contributed by atoms with van der Waals surface area (Å²) >= 11 is 5.84. The molecule has 2 N–H and O–H groups in total. The van der Waals surface area contributed by atoms with Gasteiger partial charge in [-0.15, -0.1) is 0 Å². The highest BCUT2D eigenvalue weighted by molar-refractivity contribution is 7.80. The van der Waals surface area contributed by atoms with Gasteiger partial charge in [-0.05, 0) is 74.8 Å². The molecule has 1 amide bonds. The van der Waals surface area contributed by atoms with Crippen LogP contribution in [-0.4, -0.2) is 35.3 Å². The Labute approximate surface area is 217 Å². The first kappa shape index (κ1) is 24.1. The Balaban J connectivity index is 1.53. The molecule has 2 heterocycles. The molecule has 2 aliphatic rings. The van der Waals surface area contributed by atoms with E-state index in [0.29, 0.717) is 17.4 Å². The Morgan fingerprint density at radius 2 is 1.92 bits per heavy atom. The van der Waals surface area contributed by atoms with E-state index in [-0.39, 0.29) is 11.9 Å². The van der Waals surface area contributed by atoms with Crippen molar-refractivity contribution in [3.05, 3.63) is 89.0 Å². The lowest BCUT2D eigenvalue weighted by Gasteiger charge is -2.56. The number of benzene rings is 3. The molecule has 0 saturated carbocycles. The Bertz CT molecular complexity index is 1310. The first-order valence-corrected chi connectivity index (χ1v) is 12.6. The van der Waals surface area contributed by atoms with Gasteiger partial charge in [-0.25, -0.2) is 0 Å². The summed E-state index contributed by atoms with van der Waals surface area (Å²) < 4.78 is 12.1. The van der Waals surface area contributed by atoms with E-state index < -0.39 is 11.6 Å². The number of carbonyl (C=O) groups excluding carboxylic acids is 1. The van der Waals surface area contributed by atoms with E-state index in [0.717, 1.165) is 34.5 Å². The second-order valence-corrected chi connectivity index (χ2v) is 10.0. The Morgan fingerprint density at radius 3 is 2.64 bits per heavy atom. The number of nitrogens with zero attached hydrogens (tertiary/aromatic N) is 1. The predicted octanol–water partition coefficient (Wildman–Crippen LogP) is 5.15. The van der Waals surface area contributed by atoms with E-state index in [9.17, 15) is 4.79 Å². The van der Waals surface area contributed by atoms with Gasteiger partial charge < -0.3 is 25.0 Å². The number of hydrogen-bond donors (Lipinski definition) is 2. The fourth-order valence-electron chi connectivity index (χ4n) is 5.33. The monoisotopic (exact) mass is 501 g/mol. The molecule has 0 radical (unpaired) electrons. The number of carbonyl (C=O) groups is 1. The fraction of sp³-hybridized carbons (Fsp3) is 0.310. The van der Waals surface area contributed by atoms with Gasteiger partial charge in [0.1, 0.15) is 17.4 Å². The van der Waals surface area contributed by atoms with Gasteiger partial charge in [-0.2, -0.15) is 0 Å². The van der Waals surface area contributed by atoms with E-state index in [1.54, 1.807) is 7.11 Å². The molecule has 0 aromatic heterocycles. The number of aryl methyl sites for hydroxylation is 2. The SMILES string of the molecule is COc1ccc2c(c1)[C@H]1NC(=S)N(CCc3ccccc3)[C@@](C)(O2)[C@H]1C(=O)Nc1ccc(C)cc1C. The van der Waals surface area contributed by atoms with Crippen LogP contribution < -0.4 is 20.1 Å². The van der Waals surface area contributed by atoms with Crippen LogP contribution in [0.1, 0.15) is 35.2 Å². The fourth-order valence-corrected chi connectivity index (χ4v) is 5.73. The maximum absolute atomic E-state index is 14.0. The van der Waals surface area contributed by atoms with E-state index in [1.807, 2.05) is 74.2 Å². The zero-order valence-electron chi connectivity index (χ0n) is 21.0. The molecule has 1 saturated heterocycles. The summed E-state index contributed by atoms with van der Waals surface area (Å²) in [7, 11) is 1.63. The van der Waals surface area contributed by atoms with Crippen LogP contribution in [0.2, 0.25) is 0 Å². The van der Waals surface area contributed by atoms with Crippen LogP contribution in [0.15, 0.2) is 66.7 Å². The third-order valence-electron chi connectivity index (χ3n) is 7.23. The highest BCUT2D eigenvalue weighted by atomic mass is 32.1. The first-order chi connectivity index (χ1) is 17.3. The Hall–Kier alpha value is -3.58. The highest BCUT2D eigenvalue weighted by Gasteiger charge is 2.58. The lowest BCUT2D eigenvalue weighted by atomic mass is 9.78. The molecule has 2 bridgehead atoms. The molecule has 2 aliphatic heterocycles. The van der Waals surface area contributed by atoms with E-state index in [4.69, 9.17) is 21.7 Å². The van der Waals surface area contributed by atoms with Gasteiger partial charge in [0.05, 0.1) is 13.2 Å². The van der Waals surface area contributed by atoms with Crippen LogP contribution in [0, 0.1) is 19.8 Å². The van der Waals surface area contributed by atoms with E-state index in [2.05, 4.69) is 28.8 Å². The average Bonchev–Trinajstić information content (AvgIpc) is 2.85. The summed E-state index contributed by atoms with van der Waals surface area (Å²) in [5.74, 6) is 0.732. The van der Waals surface area contributed by atoms with Crippen molar-refractivity contribution < 1.29 is 14.3 Å². The van der Waals surface area contributed by atoms with Gasteiger partial charge in [-0.1, -0.05) is 48.0 Å². The number of rotatable bonds is 6. The zero-order chi connectivity index (χ0) is 25.4. The van der Waals surface area contributed by atoms with Crippen LogP contribution in [0.5, 0.6) is 11.5 Å². The van der Waals surface area contributed by atoms with Gasteiger partial charge >= 0.3 is 0 Å². The molecule has 1 fully saturated rings. The summed E-state index contributed by atoms with van der Waals surface area (Å²) in [6, 6.07) is 21.6. The molecule has 0 spiro atoms. The van der Waals surface area contributed by atoms with Gasteiger partial charge in [0.2, 0.25) is 5.91 Å². The normalized spacial score (nSPS) is 22.2. The Morgan fingerprint density at radius 1 is 1.14 bits per heavy atom. The van der Waals surface area contributed by atoms with Crippen LogP contribution in [-0.2, 0) is 11.2 Å². The van der Waals surface area contributed by atoms with Crippen LogP contribution in [0.25, 0.3) is 0 Å². The first-order valence-electron chi connectivity index (χ1n) is 12.2. The maximum Gasteiger partial charge on any atom is 0.236 e. The third-order valence-corrected chi connectivity index (χ3v) is 7.57. The summed E-state index contributed by atoms with van der Waals surface area (Å²) in [6.07, 6.45) is 0.771. The minimum absolute atomic E-state index is 0.123. The summed E-state index contributed by atoms with van der Waals surface area (Å²) in [5, 5.41) is 7.21. The lowest BCUT2D eigenvalue weighted by Crippen LogP contribution is -2.71. The van der Waals surface area contributed by atoms with Gasteiger partial charge in [0, 0.05) is 17.8 Å². The molecule has 3 aromatic rings. The van der Waals surface area contributed by atoms with Crippen molar-refractivity contribution in [2.45, 2.75) is 39.0 Å². The van der Waals surface area contributed by atoms with Crippen molar-refractivity contribution in [2.75, 3.05) is 19.0 Å². The van der Waals surface area contributed by atoms with Gasteiger partial charge in [0.25, 0.3) is 0 Å². The molecule has 0 aliphatic carbocycles. The maximum atomic E-state index is 14.0. The zero-order valence-corrected chi connectivity index (χ0v) is 21.8. The lowest BCUT2D eigenvalue weighted by molar-refractivity contribution is -0.149. The second-order valence-electron chi connectivity index (χ2n) is 9.66. The van der Waals surface area contributed by atoms with Crippen LogP contribution in [0.4, 0.5) is 5.69 Å². The molecule has 3 aromatic carbocycles.